The molecule has 3 nitrogen and oxygen atoms in total. The Balaban J connectivity index is 2.41. The SMILES string of the molecule is CCCOCCOC(CNC)c1ccc(Br)cc1. The Kier molecular flexibility index (Phi) is 8.25. The third-order valence-corrected chi connectivity index (χ3v) is 3.06. The summed E-state index contributed by atoms with van der Waals surface area (Å²) in [5.41, 5.74) is 1.18. The Morgan fingerprint density at radius 3 is 2.50 bits per heavy atom. The lowest BCUT2D eigenvalue weighted by molar-refractivity contribution is 0.00496. The van der Waals surface area contributed by atoms with Gasteiger partial charge in [-0.25, -0.2) is 0 Å². The van der Waals surface area contributed by atoms with E-state index in [1.54, 1.807) is 0 Å². The number of ether oxygens (including phenoxy) is 2. The second kappa shape index (κ2) is 9.50. The molecular weight excluding hydrogens is 294 g/mol. The van der Waals surface area contributed by atoms with Gasteiger partial charge in [0.1, 0.15) is 0 Å². The van der Waals surface area contributed by atoms with Gasteiger partial charge < -0.3 is 14.8 Å². The number of nitrogens with one attached hydrogen (secondary N) is 1. The van der Waals surface area contributed by atoms with Gasteiger partial charge in [0, 0.05) is 17.6 Å². The zero-order valence-corrected chi connectivity index (χ0v) is 12.7. The summed E-state index contributed by atoms with van der Waals surface area (Å²) in [5, 5.41) is 3.16. The Bertz CT molecular complexity index is 316. The molecule has 1 atom stereocenters. The zero-order chi connectivity index (χ0) is 13.2. The molecular formula is C14H22BrNO2. The molecule has 0 aliphatic heterocycles. The van der Waals surface area contributed by atoms with Crippen molar-refractivity contribution in [2.24, 2.45) is 0 Å². The minimum Gasteiger partial charge on any atom is -0.379 e. The molecule has 0 spiro atoms. The van der Waals surface area contributed by atoms with E-state index >= 15 is 0 Å². The van der Waals surface area contributed by atoms with Crippen molar-refractivity contribution >= 4 is 15.9 Å². The normalized spacial score (nSPS) is 12.6. The number of likely N-dealkylation sites (N-methyl/N-ethyl adjacent to an activating group) is 1. The average Bonchev–Trinajstić information content (AvgIpc) is 2.38. The standard InChI is InChI=1S/C14H22BrNO2/c1-3-8-17-9-10-18-14(11-16-2)12-4-6-13(15)7-5-12/h4-7,14,16H,3,8-11H2,1-2H3. The lowest BCUT2D eigenvalue weighted by Gasteiger charge is -2.18. The molecule has 1 N–H and O–H groups in total. The van der Waals surface area contributed by atoms with Crippen LogP contribution < -0.4 is 5.32 Å². The van der Waals surface area contributed by atoms with Crippen molar-refractivity contribution in [3.63, 3.8) is 0 Å². The van der Waals surface area contributed by atoms with E-state index in [0.717, 1.165) is 24.0 Å². The number of benzene rings is 1. The van der Waals surface area contributed by atoms with Crippen LogP contribution in [0, 0.1) is 0 Å². The van der Waals surface area contributed by atoms with Crippen molar-refractivity contribution in [1.82, 2.24) is 5.32 Å². The lowest BCUT2D eigenvalue weighted by Crippen LogP contribution is -2.21. The van der Waals surface area contributed by atoms with Crippen LogP contribution in [0.15, 0.2) is 28.7 Å². The van der Waals surface area contributed by atoms with E-state index in [9.17, 15) is 0 Å². The van der Waals surface area contributed by atoms with Crippen LogP contribution in [-0.4, -0.2) is 33.4 Å². The highest BCUT2D eigenvalue weighted by atomic mass is 79.9. The first-order chi connectivity index (χ1) is 8.77. The number of rotatable bonds is 9. The van der Waals surface area contributed by atoms with Crippen LogP contribution in [0.2, 0.25) is 0 Å². The maximum Gasteiger partial charge on any atom is 0.0950 e. The van der Waals surface area contributed by atoms with Gasteiger partial charge in [-0.3, -0.25) is 0 Å². The van der Waals surface area contributed by atoms with Crippen molar-refractivity contribution < 1.29 is 9.47 Å². The molecule has 0 saturated carbocycles. The van der Waals surface area contributed by atoms with E-state index in [-0.39, 0.29) is 6.10 Å². The Morgan fingerprint density at radius 2 is 1.89 bits per heavy atom. The Labute approximate surface area is 118 Å². The number of halogens is 1. The summed E-state index contributed by atoms with van der Waals surface area (Å²) in [4.78, 5) is 0. The summed E-state index contributed by atoms with van der Waals surface area (Å²) in [7, 11) is 1.93. The molecule has 0 fully saturated rings. The average molecular weight is 316 g/mol. The van der Waals surface area contributed by atoms with Gasteiger partial charge in [-0.15, -0.1) is 0 Å². The third kappa shape index (κ3) is 5.96. The fourth-order valence-electron chi connectivity index (χ4n) is 1.63. The van der Waals surface area contributed by atoms with Gasteiger partial charge >= 0.3 is 0 Å². The lowest BCUT2D eigenvalue weighted by atomic mass is 10.1. The molecule has 0 amide bonds. The molecule has 0 aliphatic rings. The van der Waals surface area contributed by atoms with E-state index < -0.39 is 0 Å². The Hall–Kier alpha value is -0.420. The topological polar surface area (TPSA) is 30.5 Å². The quantitative estimate of drug-likeness (QED) is 0.710. The van der Waals surface area contributed by atoms with E-state index in [2.05, 4.69) is 40.3 Å². The summed E-state index contributed by atoms with van der Waals surface area (Å²) >= 11 is 3.44. The van der Waals surface area contributed by atoms with Crippen LogP contribution in [-0.2, 0) is 9.47 Å². The molecule has 102 valence electrons. The predicted octanol–water partition coefficient (Wildman–Crippen LogP) is 3.15. The molecule has 1 unspecified atom stereocenters. The minimum atomic E-state index is 0.0772. The van der Waals surface area contributed by atoms with Gasteiger partial charge in [0.2, 0.25) is 0 Å². The highest BCUT2D eigenvalue weighted by Crippen LogP contribution is 2.19. The molecule has 0 bridgehead atoms. The van der Waals surface area contributed by atoms with Gasteiger partial charge in [0.05, 0.1) is 19.3 Å². The van der Waals surface area contributed by atoms with Gasteiger partial charge in [-0.05, 0) is 31.2 Å². The first-order valence-corrected chi connectivity index (χ1v) is 7.16. The van der Waals surface area contributed by atoms with Crippen LogP contribution in [0.3, 0.4) is 0 Å². The highest BCUT2D eigenvalue weighted by Gasteiger charge is 2.10. The van der Waals surface area contributed by atoms with Crippen molar-refractivity contribution in [3.8, 4) is 0 Å². The molecule has 0 heterocycles. The highest BCUT2D eigenvalue weighted by molar-refractivity contribution is 9.10. The van der Waals surface area contributed by atoms with E-state index in [1.807, 2.05) is 19.2 Å². The summed E-state index contributed by atoms with van der Waals surface area (Å²) in [6.45, 7) is 4.99. The van der Waals surface area contributed by atoms with E-state index in [4.69, 9.17) is 9.47 Å². The Morgan fingerprint density at radius 1 is 1.17 bits per heavy atom. The number of hydrogen-bond donors (Lipinski definition) is 1. The van der Waals surface area contributed by atoms with Crippen molar-refractivity contribution in [3.05, 3.63) is 34.3 Å². The van der Waals surface area contributed by atoms with E-state index in [0.29, 0.717) is 13.2 Å². The van der Waals surface area contributed by atoms with Gasteiger partial charge in [-0.2, -0.15) is 0 Å². The molecule has 0 aliphatic carbocycles. The van der Waals surface area contributed by atoms with Gasteiger partial charge in [-0.1, -0.05) is 35.0 Å². The van der Waals surface area contributed by atoms with Crippen molar-refractivity contribution in [2.75, 3.05) is 33.4 Å². The molecule has 1 aromatic rings. The molecule has 0 aromatic heterocycles. The molecule has 0 radical (unpaired) electrons. The molecule has 0 saturated heterocycles. The zero-order valence-electron chi connectivity index (χ0n) is 11.1. The molecule has 18 heavy (non-hydrogen) atoms. The predicted molar refractivity (Wildman–Crippen MR) is 77.9 cm³/mol. The minimum absolute atomic E-state index is 0.0772. The second-order valence-electron chi connectivity index (χ2n) is 4.08. The first kappa shape index (κ1) is 15.6. The smallest absolute Gasteiger partial charge is 0.0950 e. The summed E-state index contributed by atoms with van der Waals surface area (Å²) in [6.07, 6.45) is 1.13. The monoisotopic (exact) mass is 315 g/mol. The van der Waals surface area contributed by atoms with Crippen molar-refractivity contribution in [2.45, 2.75) is 19.4 Å². The second-order valence-corrected chi connectivity index (χ2v) is 5.00. The fourth-order valence-corrected chi connectivity index (χ4v) is 1.90. The summed E-state index contributed by atoms with van der Waals surface area (Å²) < 4.78 is 12.3. The van der Waals surface area contributed by atoms with Crippen LogP contribution in [0.25, 0.3) is 0 Å². The largest absolute Gasteiger partial charge is 0.379 e. The van der Waals surface area contributed by atoms with Crippen LogP contribution in [0.5, 0.6) is 0 Å². The van der Waals surface area contributed by atoms with Crippen LogP contribution in [0.4, 0.5) is 0 Å². The summed E-state index contributed by atoms with van der Waals surface area (Å²) in [6, 6.07) is 8.24. The van der Waals surface area contributed by atoms with E-state index in [1.165, 1.54) is 5.56 Å². The van der Waals surface area contributed by atoms with Crippen molar-refractivity contribution in [1.29, 1.82) is 0 Å². The van der Waals surface area contributed by atoms with Crippen LogP contribution >= 0.6 is 15.9 Å². The maximum absolute atomic E-state index is 5.85. The maximum atomic E-state index is 5.85. The van der Waals surface area contributed by atoms with Crippen LogP contribution in [0.1, 0.15) is 25.0 Å². The molecule has 1 aromatic carbocycles. The third-order valence-electron chi connectivity index (χ3n) is 2.53. The van der Waals surface area contributed by atoms with Gasteiger partial charge in [0.25, 0.3) is 0 Å². The molecule has 1 rings (SSSR count). The first-order valence-electron chi connectivity index (χ1n) is 6.37. The number of hydrogen-bond acceptors (Lipinski definition) is 3. The summed E-state index contributed by atoms with van der Waals surface area (Å²) in [5.74, 6) is 0. The molecule has 4 heteroatoms. The fraction of sp³-hybridized carbons (Fsp3) is 0.571. The van der Waals surface area contributed by atoms with Gasteiger partial charge in [0.15, 0.2) is 0 Å².